The number of nitrogens with zero attached hydrogens (tertiary/aromatic N) is 1. The molecule has 0 bridgehead atoms. The van der Waals surface area contributed by atoms with E-state index >= 15 is 0 Å². The van der Waals surface area contributed by atoms with E-state index in [1.807, 2.05) is 6.92 Å². The van der Waals surface area contributed by atoms with Gasteiger partial charge in [-0.1, -0.05) is 20.3 Å². The van der Waals surface area contributed by atoms with Crippen LogP contribution in [0.4, 0.5) is 0 Å². The molecule has 17 heavy (non-hydrogen) atoms. The van der Waals surface area contributed by atoms with Crippen molar-refractivity contribution in [3.05, 3.63) is 0 Å². The van der Waals surface area contributed by atoms with E-state index in [2.05, 4.69) is 12.2 Å². The molecule has 1 amide bonds. The van der Waals surface area contributed by atoms with Crippen LogP contribution in [0.2, 0.25) is 0 Å². The van der Waals surface area contributed by atoms with Gasteiger partial charge >= 0.3 is 0 Å². The molecule has 2 unspecified atom stereocenters. The van der Waals surface area contributed by atoms with Crippen molar-refractivity contribution in [1.29, 1.82) is 0 Å². The Kier molecular flexibility index (Phi) is 4.94. The fourth-order valence-corrected chi connectivity index (χ4v) is 2.61. The molecule has 1 aliphatic heterocycles. The lowest BCUT2D eigenvalue weighted by molar-refractivity contribution is -0.129. The molecule has 100 valence electrons. The second-order valence-corrected chi connectivity index (χ2v) is 6.85. The van der Waals surface area contributed by atoms with Crippen molar-refractivity contribution in [1.82, 2.24) is 10.2 Å². The van der Waals surface area contributed by atoms with Crippen LogP contribution in [-0.2, 0) is 14.6 Å². The summed E-state index contributed by atoms with van der Waals surface area (Å²) in [4.78, 5) is 13.7. The largest absolute Gasteiger partial charge is 0.325 e. The molecule has 5 nitrogen and oxygen atoms in total. The molecule has 0 radical (unpaired) electrons. The summed E-state index contributed by atoms with van der Waals surface area (Å²) in [6, 6.07) is -0.147. The highest BCUT2D eigenvalue weighted by atomic mass is 32.2. The molecule has 1 heterocycles. The number of carbonyl (C=O) groups is 1. The number of hydrogen-bond acceptors (Lipinski definition) is 4. The van der Waals surface area contributed by atoms with Gasteiger partial charge in [-0.2, -0.15) is 0 Å². The van der Waals surface area contributed by atoms with Gasteiger partial charge in [0.2, 0.25) is 5.91 Å². The molecule has 0 aromatic carbocycles. The Morgan fingerprint density at radius 3 is 2.47 bits per heavy atom. The fraction of sp³-hybridized carbons (Fsp3) is 0.909. The van der Waals surface area contributed by atoms with Crippen molar-refractivity contribution in [2.45, 2.75) is 45.3 Å². The minimum absolute atomic E-state index is 0.000741. The number of carbonyl (C=O) groups excluding carboxylic acids is 1. The van der Waals surface area contributed by atoms with Crippen LogP contribution in [0.5, 0.6) is 0 Å². The predicted molar refractivity (Wildman–Crippen MR) is 67.3 cm³/mol. The van der Waals surface area contributed by atoms with Gasteiger partial charge in [0.25, 0.3) is 0 Å². The van der Waals surface area contributed by atoms with Crippen molar-refractivity contribution in [2.75, 3.05) is 18.6 Å². The van der Waals surface area contributed by atoms with E-state index in [4.69, 9.17) is 0 Å². The first-order valence-electron chi connectivity index (χ1n) is 6.13. The van der Waals surface area contributed by atoms with Gasteiger partial charge < -0.3 is 4.90 Å². The lowest BCUT2D eigenvalue weighted by Crippen LogP contribution is -2.40. The molecule has 1 N–H and O–H groups in total. The molecule has 0 aromatic rings. The highest BCUT2D eigenvalue weighted by molar-refractivity contribution is 7.90. The van der Waals surface area contributed by atoms with Gasteiger partial charge in [0.15, 0.2) is 0 Å². The van der Waals surface area contributed by atoms with Gasteiger partial charge in [0.1, 0.15) is 9.84 Å². The Morgan fingerprint density at radius 1 is 1.35 bits per heavy atom. The summed E-state index contributed by atoms with van der Waals surface area (Å²) < 4.78 is 22.3. The molecular weight excluding hydrogens is 240 g/mol. The van der Waals surface area contributed by atoms with Crippen molar-refractivity contribution >= 4 is 15.7 Å². The topological polar surface area (TPSA) is 66.5 Å². The second-order valence-electron chi connectivity index (χ2n) is 4.59. The first-order chi connectivity index (χ1) is 7.89. The maximum Gasteiger partial charge on any atom is 0.241 e. The summed E-state index contributed by atoms with van der Waals surface area (Å²) in [6.45, 7) is 4.31. The molecular formula is C11H22N2O3S. The van der Waals surface area contributed by atoms with Crippen molar-refractivity contribution < 1.29 is 13.2 Å². The molecule has 0 spiro atoms. The Hall–Kier alpha value is -0.620. The number of sulfone groups is 1. The second kappa shape index (κ2) is 5.82. The van der Waals surface area contributed by atoms with Crippen molar-refractivity contribution in [2.24, 2.45) is 0 Å². The van der Waals surface area contributed by atoms with Crippen LogP contribution in [0, 0.1) is 0 Å². The van der Waals surface area contributed by atoms with Crippen LogP contribution >= 0.6 is 0 Å². The van der Waals surface area contributed by atoms with Crippen LogP contribution in [-0.4, -0.2) is 50.0 Å². The number of hydrogen-bond donors (Lipinski definition) is 1. The van der Waals surface area contributed by atoms with E-state index in [1.54, 1.807) is 4.90 Å². The molecule has 0 aliphatic carbocycles. The van der Waals surface area contributed by atoms with Crippen LogP contribution in [0.3, 0.4) is 0 Å². The lowest BCUT2D eigenvalue weighted by Gasteiger charge is -2.23. The Labute approximate surface area is 103 Å². The monoisotopic (exact) mass is 262 g/mol. The average Bonchev–Trinajstić information content (AvgIpc) is 2.52. The van der Waals surface area contributed by atoms with E-state index < -0.39 is 9.84 Å². The quantitative estimate of drug-likeness (QED) is 0.751. The average molecular weight is 262 g/mol. The highest BCUT2D eigenvalue weighted by Gasteiger charge is 2.36. The summed E-state index contributed by atoms with van der Waals surface area (Å²) in [5, 5.41) is 3.26. The summed E-state index contributed by atoms with van der Waals surface area (Å²) in [5.41, 5.74) is 0. The lowest BCUT2D eigenvalue weighted by atomic mass is 10.2. The minimum Gasteiger partial charge on any atom is -0.325 e. The third-order valence-corrected chi connectivity index (χ3v) is 3.95. The molecule has 6 heteroatoms. The summed E-state index contributed by atoms with van der Waals surface area (Å²) in [6.07, 6.45) is 3.78. The predicted octanol–water partition coefficient (Wildman–Crippen LogP) is 0.368. The maximum atomic E-state index is 12.0. The van der Waals surface area contributed by atoms with Crippen LogP contribution in [0.15, 0.2) is 0 Å². The van der Waals surface area contributed by atoms with Gasteiger partial charge in [-0.3, -0.25) is 10.1 Å². The van der Waals surface area contributed by atoms with Gasteiger partial charge in [-0.15, -0.1) is 0 Å². The first kappa shape index (κ1) is 14.4. The first-order valence-corrected chi connectivity index (χ1v) is 8.19. The Morgan fingerprint density at radius 2 is 2.00 bits per heavy atom. The number of amides is 1. The third kappa shape index (κ3) is 3.96. The van der Waals surface area contributed by atoms with Crippen molar-refractivity contribution in [3.63, 3.8) is 0 Å². The molecule has 0 aromatic heterocycles. The number of nitrogens with one attached hydrogen (secondary N) is 1. The van der Waals surface area contributed by atoms with E-state index in [9.17, 15) is 13.2 Å². The maximum absolute atomic E-state index is 12.0. The van der Waals surface area contributed by atoms with E-state index in [-0.39, 0.29) is 23.9 Å². The summed E-state index contributed by atoms with van der Waals surface area (Å²) >= 11 is 0. The molecule has 1 rings (SSSR count). The van der Waals surface area contributed by atoms with E-state index in [0.717, 1.165) is 19.3 Å². The summed E-state index contributed by atoms with van der Waals surface area (Å²) in [7, 11) is -3.02. The van der Waals surface area contributed by atoms with Crippen LogP contribution in [0.25, 0.3) is 0 Å². The van der Waals surface area contributed by atoms with Gasteiger partial charge in [-0.05, 0) is 12.8 Å². The van der Waals surface area contributed by atoms with Gasteiger partial charge in [0, 0.05) is 12.8 Å². The van der Waals surface area contributed by atoms with Gasteiger partial charge in [0.05, 0.1) is 18.0 Å². The minimum atomic E-state index is -3.02. The highest BCUT2D eigenvalue weighted by Crippen LogP contribution is 2.16. The standard InChI is InChI=1S/C11H22N2O3S/c1-4-6-10-12-9(5-2)11(14)13(10)7-8-17(3,15)16/h9-10,12H,4-8H2,1-3H3. The zero-order valence-electron chi connectivity index (χ0n) is 10.8. The van der Waals surface area contributed by atoms with E-state index in [1.165, 1.54) is 6.26 Å². The van der Waals surface area contributed by atoms with Crippen LogP contribution < -0.4 is 5.32 Å². The van der Waals surface area contributed by atoms with E-state index in [0.29, 0.717) is 6.54 Å². The summed E-state index contributed by atoms with van der Waals surface area (Å²) in [5.74, 6) is 0.0754. The Balaban J connectivity index is 2.68. The molecule has 1 aliphatic rings. The molecule has 1 saturated heterocycles. The molecule has 1 fully saturated rings. The number of rotatable bonds is 6. The molecule has 0 saturated carbocycles. The Bertz CT molecular complexity index is 367. The van der Waals surface area contributed by atoms with Gasteiger partial charge in [-0.25, -0.2) is 8.42 Å². The van der Waals surface area contributed by atoms with Crippen LogP contribution in [0.1, 0.15) is 33.1 Å². The zero-order valence-corrected chi connectivity index (χ0v) is 11.6. The van der Waals surface area contributed by atoms with Crippen molar-refractivity contribution in [3.8, 4) is 0 Å². The smallest absolute Gasteiger partial charge is 0.241 e. The normalized spacial score (nSPS) is 25.6. The zero-order chi connectivity index (χ0) is 13.1. The third-order valence-electron chi connectivity index (χ3n) is 3.02. The SMILES string of the molecule is CCCC1NC(CC)C(=O)N1CCS(C)(=O)=O. The molecule has 2 atom stereocenters. The fourth-order valence-electron chi connectivity index (χ4n) is 2.08.